The quantitative estimate of drug-likeness (QED) is 0.516. The Morgan fingerprint density at radius 2 is 1.81 bits per heavy atom. The Morgan fingerprint density at radius 1 is 1.13 bits per heavy atom. The molecule has 1 heterocycles. The monoisotopic (exact) mass is 491 g/mol. The molecule has 1 aliphatic heterocycles. The molecule has 0 unspecified atom stereocenters. The van der Waals surface area contributed by atoms with Gasteiger partial charge in [-0.1, -0.05) is 23.2 Å². The Balaban J connectivity index is 1.64. The molecule has 8 nitrogen and oxygen atoms in total. The van der Waals surface area contributed by atoms with E-state index in [2.05, 4.69) is 10.0 Å². The number of nitrogens with zero attached hydrogens (tertiary/aromatic N) is 1. The number of piperidine rings is 1. The van der Waals surface area contributed by atoms with Crippen molar-refractivity contribution in [1.82, 2.24) is 14.9 Å². The van der Waals surface area contributed by atoms with Gasteiger partial charge in [0.25, 0.3) is 5.91 Å². The van der Waals surface area contributed by atoms with Crippen molar-refractivity contribution in [2.24, 2.45) is 5.92 Å². The molecular weight excluding hydrogens is 465 g/mol. The summed E-state index contributed by atoms with van der Waals surface area (Å²) in [4.78, 5) is 26.8. The lowest BCUT2D eigenvalue weighted by atomic mass is 9.95. The molecule has 1 aromatic carbocycles. The van der Waals surface area contributed by atoms with Crippen LogP contribution in [0.15, 0.2) is 17.0 Å². The molecule has 2 amide bonds. The molecule has 1 aliphatic carbocycles. The molecule has 172 valence electrons. The minimum absolute atomic E-state index is 0.0211. The maximum Gasteiger partial charge on any atom is 0.255 e. The molecule has 0 aromatic heterocycles. The lowest BCUT2D eigenvalue weighted by Gasteiger charge is -2.31. The summed E-state index contributed by atoms with van der Waals surface area (Å²) in [6, 6.07) is 2.44. The predicted octanol–water partition coefficient (Wildman–Crippen LogP) is 2.44. The van der Waals surface area contributed by atoms with Crippen molar-refractivity contribution in [3.05, 3.63) is 27.7 Å². The Bertz CT molecular complexity index is 929. The third-order valence-corrected chi connectivity index (χ3v) is 7.72. The van der Waals surface area contributed by atoms with Gasteiger partial charge in [0.15, 0.2) is 0 Å². The number of rotatable bonds is 9. The maximum atomic E-state index is 13.0. The van der Waals surface area contributed by atoms with Crippen LogP contribution in [0.5, 0.6) is 0 Å². The van der Waals surface area contributed by atoms with E-state index in [1.165, 1.54) is 12.1 Å². The van der Waals surface area contributed by atoms with Gasteiger partial charge >= 0.3 is 0 Å². The van der Waals surface area contributed by atoms with Crippen LogP contribution >= 0.6 is 23.2 Å². The van der Waals surface area contributed by atoms with E-state index in [1.807, 2.05) is 0 Å². The zero-order valence-electron chi connectivity index (χ0n) is 17.3. The van der Waals surface area contributed by atoms with Crippen LogP contribution in [0.3, 0.4) is 0 Å². The summed E-state index contributed by atoms with van der Waals surface area (Å²) in [7, 11) is -2.22. The van der Waals surface area contributed by atoms with Crippen molar-refractivity contribution in [3.63, 3.8) is 0 Å². The fraction of sp³-hybridized carbons (Fsp3) is 0.600. The number of halogens is 2. The van der Waals surface area contributed by atoms with Crippen LogP contribution in [0.25, 0.3) is 0 Å². The highest BCUT2D eigenvalue weighted by Crippen LogP contribution is 2.32. The van der Waals surface area contributed by atoms with E-state index in [0.717, 1.165) is 19.3 Å². The summed E-state index contributed by atoms with van der Waals surface area (Å²) in [5, 5.41) is 2.96. The van der Waals surface area contributed by atoms with Gasteiger partial charge in [0.05, 0.1) is 15.6 Å². The Kier molecular flexibility index (Phi) is 8.20. The first kappa shape index (κ1) is 24.3. The third-order valence-electron chi connectivity index (χ3n) is 5.42. The van der Waals surface area contributed by atoms with Crippen LogP contribution in [0.4, 0.5) is 0 Å². The van der Waals surface area contributed by atoms with Crippen LogP contribution in [-0.2, 0) is 19.6 Å². The molecule has 11 heteroatoms. The van der Waals surface area contributed by atoms with Crippen molar-refractivity contribution in [2.45, 2.75) is 43.0 Å². The fourth-order valence-electron chi connectivity index (χ4n) is 3.47. The molecule has 0 spiro atoms. The number of sulfonamides is 1. The van der Waals surface area contributed by atoms with Gasteiger partial charge in [-0.25, -0.2) is 13.1 Å². The Labute approximate surface area is 192 Å². The summed E-state index contributed by atoms with van der Waals surface area (Å²) in [5.74, 6) is -0.554. The van der Waals surface area contributed by atoms with Gasteiger partial charge in [0.2, 0.25) is 15.9 Å². The van der Waals surface area contributed by atoms with E-state index in [9.17, 15) is 18.0 Å². The van der Waals surface area contributed by atoms with Gasteiger partial charge in [-0.15, -0.1) is 0 Å². The van der Waals surface area contributed by atoms with E-state index in [-0.39, 0.29) is 44.3 Å². The minimum atomic E-state index is -3.84. The standard InChI is InChI=1S/C20H27Cl2N3O5S/c1-30-10-2-7-23-19(26)13-5-8-25(9-6-13)20(27)15-11-18(17(22)12-16(15)21)31(28,29)24-14-3-4-14/h11-14,24H,2-10H2,1H3,(H,23,26). The minimum Gasteiger partial charge on any atom is -0.385 e. The molecule has 1 saturated carbocycles. The molecule has 0 radical (unpaired) electrons. The molecule has 0 atom stereocenters. The zero-order valence-corrected chi connectivity index (χ0v) is 19.7. The second kappa shape index (κ2) is 10.5. The topological polar surface area (TPSA) is 105 Å². The molecule has 1 saturated heterocycles. The number of amides is 2. The second-order valence-corrected chi connectivity index (χ2v) is 10.4. The van der Waals surface area contributed by atoms with Gasteiger partial charge in [-0.2, -0.15) is 0 Å². The van der Waals surface area contributed by atoms with Crippen LogP contribution < -0.4 is 10.0 Å². The molecule has 1 aromatic rings. The second-order valence-electron chi connectivity index (χ2n) is 7.86. The van der Waals surface area contributed by atoms with Crippen molar-refractivity contribution in [1.29, 1.82) is 0 Å². The van der Waals surface area contributed by atoms with Crippen LogP contribution in [-0.4, -0.2) is 64.5 Å². The number of carbonyl (C=O) groups is 2. The highest BCUT2D eigenvalue weighted by atomic mass is 35.5. The number of ether oxygens (including phenoxy) is 1. The highest BCUT2D eigenvalue weighted by Gasteiger charge is 2.32. The number of hydrogen-bond acceptors (Lipinski definition) is 5. The number of benzene rings is 1. The molecule has 2 N–H and O–H groups in total. The van der Waals surface area contributed by atoms with Gasteiger partial charge < -0.3 is 15.0 Å². The molecule has 31 heavy (non-hydrogen) atoms. The fourth-order valence-corrected chi connectivity index (χ4v) is 5.63. The Morgan fingerprint density at radius 3 is 2.42 bits per heavy atom. The van der Waals surface area contributed by atoms with E-state index >= 15 is 0 Å². The number of likely N-dealkylation sites (tertiary alicyclic amines) is 1. The van der Waals surface area contributed by atoms with Gasteiger partial charge in [0, 0.05) is 45.3 Å². The summed E-state index contributed by atoms with van der Waals surface area (Å²) in [5.41, 5.74) is 0.0877. The smallest absolute Gasteiger partial charge is 0.255 e. The van der Waals surface area contributed by atoms with Gasteiger partial charge in [0.1, 0.15) is 4.90 Å². The first-order valence-electron chi connectivity index (χ1n) is 10.3. The van der Waals surface area contributed by atoms with E-state index in [4.69, 9.17) is 27.9 Å². The summed E-state index contributed by atoms with van der Waals surface area (Å²) in [6.07, 6.45) is 3.37. The predicted molar refractivity (Wildman–Crippen MR) is 118 cm³/mol. The van der Waals surface area contributed by atoms with E-state index in [1.54, 1.807) is 12.0 Å². The van der Waals surface area contributed by atoms with Crippen molar-refractivity contribution in [3.8, 4) is 0 Å². The lowest BCUT2D eigenvalue weighted by Crippen LogP contribution is -2.43. The third kappa shape index (κ3) is 6.32. The van der Waals surface area contributed by atoms with Crippen molar-refractivity contribution in [2.75, 3.05) is 33.4 Å². The average molecular weight is 492 g/mol. The van der Waals surface area contributed by atoms with Gasteiger partial charge in [-0.3, -0.25) is 9.59 Å². The lowest BCUT2D eigenvalue weighted by molar-refractivity contribution is -0.126. The first-order valence-corrected chi connectivity index (χ1v) is 12.5. The largest absolute Gasteiger partial charge is 0.385 e. The number of methoxy groups -OCH3 is 1. The van der Waals surface area contributed by atoms with Crippen LogP contribution in [0, 0.1) is 5.92 Å². The van der Waals surface area contributed by atoms with Crippen molar-refractivity contribution >= 4 is 45.0 Å². The van der Waals surface area contributed by atoms with Crippen molar-refractivity contribution < 1.29 is 22.7 Å². The highest BCUT2D eigenvalue weighted by molar-refractivity contribution is 7.89. The van der Waals surface area contributed by atoms with Crippen LogP contribution in [0.1, 0.15) is 42.5 Å². The normalized spacial score (nSPS) is 17.6. The zero-order chi connectivity index (χ0) is 22.6. The maximum absolute atomic E-state index is 13.0. The summed E-state index contributed by atoms with van der Waals surface area (Å²) >= 11 is 12.3. The van der Waals surface area contributed by atoms with Crippen LogP contribution in [0.2, 0.25) is 10.0 Å². The average Bonchev–Trinajstić information content (AvgIpc) is 3.54. The summed E-state index contributed by atoms with van der Waals surface area (Å²) in [6.45, 7) is 1.91. The summed E-state index contributed by atoms with van der Waals surface area (Å²) < 4.78 is 32.7. The molecule has 0 bridgehead atoms. The molecule has 2 aliphatic rings. The molecule has 3 rings (SSSR count). The van der Waals surface area contributed by atoms with Gasteiger partial charge in [-0.05, 0) is 44.2 Å². The molecule has 2 fully saturated rings. The SMILES string of the molecule is COCCCNC(=O)C1CCN(C(=O)c2cc(S(=O)(=O)NC3CC3)c(Cl)cc2Cl)CC1. The van der Waals surface area contributed by atoms with E-state index in [0.29, 0.717) is 39.1 Å². The Hall–Kier alpha value is -1.39. The van der Waals surface area contributed by atoms with E-state index < -0.39 is 10.0 Å². The number of nitrogens with one attached hydrogen (secondary N) is 2. The molecular formula is C20H27Cl2N3O5S. The first-order chi connectivity index (χ1) is 14.7. The number of carbonyl (C=O) groups excluding carboxylic acids is 2. The number of hydrogen-bond donors (Lipinski definition) is 2.